The molecule has 21 heavy (non-hydrogen) atoms. The highest BCUT2D eigenvalue weighted by Crippen LogP contribution is 2.20. The molecule has 0 fully saturated rings. The van der Waals surface area contributed by atoms with E-state index in [1.165, 1.54) is 25.1 Å². The number of nitriles is 1. The Hall–Kier alpha value is -2.52. The number of aromatic nitrogens is 2. The molecule has 1 heterocycles. The highest BCUT2D eigenvalue weighted by atomic mass is 35.5. The van der Waals surface area contributed by atoms with Crippen LogP contribution in [0.4, 0.5) is 0 Å². The molecule has 0 aliphatic rings. The van der Waals surface area contributed by atoms with Crippen molar-refractivity contribution in [3.63, 3.8) is 0 Å². The van der Waals surface area contributed by atoms with Gasteiger partial charge >= 0.3 is 0 Å². The lowest BCUT2D eigenvalue weighted by Gasteiger charge is -2.10. The summed E-state index contributed by atoms with van der Waals surface area (Å²) in [7, 11) is 2.85. The van der Waals surface area contributed by atoms with Crippen molar-refractivity contribution in [2.75, 3.05) is 14.2 Å². The van der Waals surface area contributed by atoms with E-state index in [1.54, 1.807) is 18.2 Å². The summed E-state index contributed by atoms with van der Waals surface area (Å²) in [5, 5.41) is 8.97. The number of halogens is 1. The van der Waals surface area contributed by atoms with E-state index in [9.17, 15) is 4.79 Å². The van der Waals surface area contributed by atoms with Gasteiger partial charge in [0.05, 0.1) is 32.7 Å². The average molecular weight is 306 g/mol. The highest BCUT2D eigenvalue weighted by molar-refractivity contribution is 6.30. The number of ether oxygens (including phenoxy) is 2. The molecule has 2 aromatic rings. The molecular formula is C14H12ClN3O3. The zero-order valence-corrected chi connectivity index (χ0v) is 12.2. The van der Waals surface area contributed by atoms with Crippen LogP contribution in [0, 0.1) is 11.3 Å². The Kier molecular flexibility index (Phi) is 4.45. The van der Waals surface area contributed by atoms with E-state index in [0.717, 1.165) is 5.56 Å². The predicted molar refractivity (Wildman–Crippen MR) is 76.9 cm³/mol. The summed E-state index contributed by atoms with van der Waals surface area (Å²) >= 11 is 5.79. The second-order valence-corrected chi connectivity index (χ2v) is 4.51. The minimum atomic E-state index is -0.374. The summed E-state index contributed by atoms with van der Waals surface area (Å²) < 4.78 is 11.4. The van der Waals surface area contributed by atoms with Gasteiger partial charge in [-0.1, -0.05) is 17.7 Å². The van der Waals surface area contributed by atoms with Crippen LogP contribution >= 0.6 is 11.6 Å². The fraction of sp³-hybridized carbons (Fsp3) is 0.214. The van der Waals surface area contributed by atoms with Crippen molar-refractivity contribution in [3.05, 3.63) is 51.2 Å². The topological polar surface area (TPSA) is 77.1 Å². The highest BCUT2D eigenvalue weighted by Gasteiger charge is 2.11. The molecule has 6 nitrogen and oxygen atoms in total. The first kappa shape index (κ1) is 14.9. The van der Waals surface area contributed by atoms with E-state index in [2.05, 4.69) is 4.98 Å². The van der Waals surface area contributed by atoms with Gasteiger partial charge in [-0.15, -0.1) is 0 Å². The van der Waals surface area contributed by atoms with Crippen LogP contribution in [-0.2, 0) is 6.54 Å². The second-order valence-electron chi connectivity index (χ2n) is 4.15. The van der Waals surface area contributed by atoms with Crippen LogP contribution in [0.5, 0.6) is 11.5 Å². The minimum absolute atomic E-state index is 0.000207. The Labute approximate surface area is 126 Å². The van der Waals surface area contributed by atoms with E-state index in [1.807, 2.05) is 6.07 Å². The Morgan fingerprint density at radius 3 is 2.76 bits per heavy atom. The van der Waals surface area contributed by atoms with E-state index >= 15 is 0 Å². The molecule has 0 saturated heterocycles. The Bertz CT molecular complexity index is 765. The smallest absolute Gasteiger partial charge is 0.297 e. The molecular weight excluding hydrogens is 294 g/mol. The number of rotatable bonds is 4. The summed E-state index contributed by atoms with van der Waals surface area (Å²) in [6.45, 7) is 0.265. The van der Waals surface area contributed by atoms with Gasteiger partial charge in [0.2, 0.25) is 5.75 Å². The van der Waals surface area contributed by atoms with Crippen LogP contribution in [0.15, 0.2) is 29.3 Å². The number of hydrogen-bond donors (Lipinski definition) is 0. The molecule has 108 valence electrons. The summed E-state index contributed by atoms with van der Waals surface area (Å²) in [5.74, 6) is 0.455. The predicted octanol–water partition coefficient (Wildman–Crippen LogP) is 1.83. The Balaban J connectivity index is 2.40. The molecule has 2 rings (SSSR count). The number of nitrogens with zero attached hydrogens (tertiary/aromatic N) is 3. The van der Waals surface area contributed by atoms with Crippen LogP contribution in [0.25, 0.3) is 0 Å². The van der Waals surface area contributed by atoms with E-state index in [4.69, 9.17) is 26.3 Å². The van der Waals surface area contributed by atoms with Crippen molar-refractivity contribution >= 4 is 11.6 Å². The molecule has 0 saturated carbocycles. The molecule has 0 radical (unpaired) electrons. The molecule has 1 aromatic heterocycles. The quantitative estimate of drug-likeness (QED) is 0.805. The zero-order valence-electron chi connectivity index (χ0n) is 11.5. The van der Waals surface area contributed by atoms with Gasteiger partial charge in [0.1, 0.15) is 11.8 Å². The number of methoxy groups -OCH3 is 2. The summed E-state index contributed by atoms with van der Waals surface area (Å²) in [6.07, 6.45) is 1.35. The van der Waals surface area contributed by atoms with E-state index in [0.29, 0.717) is 11.3 Å². The lowest BCUT2D eigenvalue weighted by Crippen LogP contribution is -2.22. The second kappa shape index (κ2) is 6.29. The van der Waals surface area contributed by atoms with E-state index in [-0.39, 0.29) is 23.0 Å². The van der Waals surface area contributed by atoms with Gasteiger partial charge in [-0.05, 0) is 17.7 Å². The first-order valence-electron chi connectivity index (χ1n) is 5.96. The third kappa shape index (κ3) is 2.98. The van der Waals surface area contributed by atoms with Crippen LogP contribution in [-0.4, -0.2) is 23.8 Å². The van der Waals surface area contributed by atoms with Crippen molar-refractivity contribution in [1.29, 1.82) is 5.26 Å². The van der Waals surface area contributed by atoms with Gasteiger partial charge in [0.25, 0.3) is 5.56 Å². The maximum atomic E-state index is 12.1. The largest absolute Gasteiger partial charge is 0.495 e. The summed E-state index contributed by atoms with van der Waals surface area (Å²) in [6, 6.07) is 7.12. The Morgan fingerprint density at radius 2 is 2.14 bits per heavy atom. The molecule has 0 spiro atoms. The fourth-order valence-corrected chi connectivity index (χ4v) is 2.06. The maximum Gasteiger partial charge on any atom is 0.297 e. The van der Waals surface area contributed by atoms with Crippen molar-refractivity contribution in [1.82, 2.24) is 9.55 Å². The first-order valence-corrected chi connectivity index (χ1v) is 6.34. The molecule has 0 amide bonds. The first-order chi connectivity index (χ1) is 10.1. The third-order valence-corrected chi connectivity index (χ3v) is 3.17. The van der Waals surface area contributed by atoms with Crippen LogP contribution < -0.4 is 15.0 Å². The van der Waals surface area contributed by atoms with Gasteiger partial charge in [-0.2, -0.15) is 5.26 Å². The number of hydrogen-bond acceptors (Lipinski definition) is 5. The van der Waals surface area contributed by atoms with Crippen molar-refractivity contribution in [2.24, 2.45) is 0 Å². The molecule has 0 unspecified atom stereocenters. The fourth-order valence-electron chi connectivity index (χ4n) is 1.86. The van der Waals surface area contributed by atoms with Crippen LogP contribution in [0.3, 0.4) is 0 Å². The monoisotopic (exact) mass is 305 g/mol. The van der Waals surface area contributed by atoms with Gasteiger partial charge in [-0.3, -0.25) is 9.36 Å². The van der Waals surface area contributed by atoms with Gasteiger partial charge < -0.3 is 9.47 Å². The summed E-state index contributed by atoms with van der Waals surface area (Å²) in [4.78, 5) is 16.0. The molecule has 7 heteroatoms. The van der Waals surface area contributed by atoms with Crippen molar-refractivity contribution < 1.29 is 9.47 Å². The maximum absolute atomic E-state index is 12.1. The Morgan fingerprint density at radius 1 is 1.38 bits per heavy atom. The van der Waals surface area contributed by atoms with Crippen LogP contribution in [0.1, 0.15) is 11.1 Å². The lowest BCUT2D eigenvalue weighted by molar-refractivity contribution is 0.400. The minimum Gasteiger partial charge on any atom is -0.495 e. The zero-order chi connectivity index (χ0) is 15.4. The lowest BCUT2D eigenvalue weighted by atomic mass is 10.1. The molecule has 0 aliphatic heterocycles. The molecule has 0 bridgehead atoms. The standard InChI is InChI=1S/C14H12ClN3O3/c1-20-11-5-9(3-4-10(11)6-16)7-18-8-17-13(15)12(21-2)14(18)19/h3-5,8H,7H2,1-2H3. The average Bonchev–Trinajstić information content (AvgIpc) is 2.50. The number of benzene rings is 1. The molecule has 0 aliphatic carbocycles. The van der Waals surface area contributed by atoms with Gasteiger partial charge in [0, 0.05) is 0 Å². The summed E-state index contributed by atoms with van der Waals surface area (Å²) in [5.41, 5.74) is 0.848. The van der Waals surface area contributed by atoms with Crippen molar-refractivity contribution in [3.8, 4) is 17.6 Å². The molecule has 0 atom stereocenters. The SMILES string of the molecule is COc1cc(Cn2cnc(Cl)c(OC)c2=O)ccc1C#N. The third-order valence-electron chi connectivity index (χ3n) is 2.90. The normalized spacial score (nSPS) is 10.0. The molecule has 1 aromatic carbocycles. The van der Waals surface area contributed by atoms with Gasteiger partial charge in [-0.25, -0.2) is 4.98 Å². The van der Waals surface area contributed by atoms with Crippen LogP contribution in [0.2, 0.25) is 5.15 Å². The van der Waals surface area contributed by atoms with E-state index < -0.39 is 0 Å². The molecule has 0 N–H and O–H groups in total. The van der Waals surface area contributed by atoms with Crippen molar-refractivity contribution in [2.45, 2.75) is 6.54 Å². The van der Waals surface area contributed by atoms with Gasteiger partial charge in [0.15, 0.2) is 5.15 Å².